The summed E-state index contributed by atoms with van der Waals surface area (Å²) in [7, 11) is 0. The van der Waals surface area contributed by atoms with Crippen molar-refractivity contribution < 1.29 is 24.2 Å². The lowest BCUT2D eigenvalue weighted by Gasteiger charge is -2.26. The van der Waals surface area contributed by atoms with E-state index in [0.717, 1.165) is 16.7 Å². The maximum Gasteiger partial charge on any atom is 0.349 e. The zero-order chi connectivity index (χ0) is 16.9. The first-order chi connectivity index (χ1) is 10.2. The highest BCUT2D eigenvalue weighted by molar-refractivity contribution is 5.79. The zero-order valence-corrected chi connectivity index (χ0v) is 13.9. The third-order valence-electron chi connectivity index (χ3n) is 3.27. The van der Waals surface area contributed by atoms with E-state index in [2.05, 4.69) is 0 Å². The molecule has 0 aliphatic rings. The summed E-state index contributed by atoms with van der Waals surface area (Å²) in [6, 6.07) is 3.79. The van der Waals surface area contributed by atoms with Gasteiger partial charge < -0.3 is 14.6 Å². The van der Waals surface area contributed by atoms with Crippen molar-refractivity contribution in [2.75, 3.05) is 6.61 Å². The van der Waals surface area contributed by atoms with Crippen molar-refractivity contribution in [2.24, 2.45) is 0 Å². The number of carboxylic acid groups (broad SMARTS) is 1. The summed E-state index contributed by atoms with van der Waals surface area (Å²) in [5.41, 5.74) is 1.61. The highest BCUT2D eigenvalue weighted by Gasteiger charge is 2.32. The molecule has 1 N–H and O–H groups in total. The third kappa shape index (κ3) is 4.76. The van der Waals surface area contributed by atoms with Crippen LogP contribution < -0.4 is 4.74 Å². The SMILES string of the molecule is CCOC(=O)C(C)(C)Oc1c(C)cc(CCC(=O)O)cc1C. The van der Waals surface area contributed by atoms with Gasteiger partial charge in [-0.15, -0.1) is 0 Å². The molecule has 1 aromatic rings. The van der Waals surface area contributed by atoms with Gasteiger partial charge in [0.25, 0.3) is 0 Å². The number of ether oxygens (including phenoxy) is 2. The molecule has 122 valence electrons. The Morgan fingerprint density at radius 3 is 2.18 bits per heavy atom. The Labute approximate surface area is 131 Å². The van der Waals surface area contributed by atoms with Crippen LogP contribution in [0.4, 0.5) is 0 Å². The lowest BCUT2D eigenvalue weighted by atomic mass is 10.0. The van der Waals surface area contributed by atoms with E-state index in [-0.39, 0.29) is 6.42 Å². The van der Waals surface area contributed by atoms with Gasteiger partial charge in [0.2, 0.25) is 0 Å². The summed E-state index contributed by atoms with van der Waals surface area (Å²) in [5.74, 6) is -0.597. The Hall–Kier alpha value is -2.04. The number of benzene rings is 1. The lowest BCUT2D eigenvalue weighted by molar-refractivity contribution is -0.158. The standard InChI is InChI=1S/C17H24O5/c1-6-21-16(20)17(4,5)22-15-11(2)9-13(10-12(15)3)7-8-14(18)19/h9-10H,6-8H2,1-5H3,(H,18,19). The van der Waals surface area contributed by atoms with Gasteiger partial charge >= 0.3 is 11.9 Å². The summed E-state index contributed by atoms with van der Waals surface area (Å²) in [6.45, 7) is 9.16. The molecule has 1 rings (SSSR count). The molecule has 0 saturated heterocycles. The van der Waals surface area contributed by atoms with Gasteiger partial charge in [-0.05, 0) is 57.7 Å². The minimum absolute atomic E-state index is 0.0907. The number of carboxylic acids is 1. The maximum atomic E-state index is 11.9. The number of rotatable bonds is 7. The molecule has 0 saturated carbocycles. The van der Waals surface area contributed by atoms with Crippen LogP contribution in [-0.2, 0) is 20.7 Å². The van der Waals surface area contributed by atoms with Gasteiger partial charge in [0, 0.05) is 6.42 Å². The summed E-state index contributed by atoms with van der Waals surface area (Å²) >= 11 is 0. The second kappa shape index (κ2) is 7.29. The van der Waals surface area contributed by atoms with E-state index in [1.165, 1.54) is 0 Å². The van der Waals surface area contributed by atoms with Crippen molar-refractivity contribution in [1.29, 1.82) is 0 Å². The molecule has 0 unspecified atom stereocenters. The first-order valence-corrected chi connectivity index (χ1v) is 7.35. The van der Waals surface area contributed by atoms with Crippen LogP contribution >= 0.6 is 0 Å². The molecule has 0 aromatic heterocycles. The van der Waals surface area contributed by atoms with E-state index in [1.807, 2.05) is 26.0 Å². The predicted octanol–water partition coefficient (Wildman–Crippen LogP) is 3.04. The van der Waals surface area contributed by atoms with Gasteiger partial charge in [-0.2, -0.15) is 0 Å². The Balaban J connectivity index is 2.96. The van der Waals surface area contributed by atoms with Crippen LogP contribution in [0.3, 0.4) is 0 Å². The number of aliphatic carboxylic acids is 1. The minimum Gasteiger partial charge on any atom is -0.481 e. The second-order valence-corrected chi connectivity index (χ2v) is 5.79. The van der Waals surface area contributed by atoms with E-state index in [1.54, 1.807) is 20.8 Å². The molecule has 5 heteroatoms. The molecule has 0 atom stereocenters. The van der Waals surface area contributed by atoms with Crippen molar-refractivity contribution in [1.82, 2.24) is 0 Å². The van der Waals surface area contributed by atoms with Crippen LogP contribution in [0.2, 0.25) is 0 Å². The van der Waals surface area contributed by atoms with Crippen LogP contribution in [0.25, 0.3) is 0 Å². The van der Waals surface area contributed by atoms with E-state index in [9.17, 15) is 9.59 Å². The smallest absolute Gasteiger partial charge is 0.349 e. The van der Waals surface area contributed by atoms with Crippen LogP contribution in [0.15, 0.2) is 12.1 Å². The summed E-state index contributed by atoms with van der Waals surface area (Å²) < 4.78 is 10.9. The van der Waals surface area contributed by atoms with Crippen LogP contribution in [-0.4, -0.2) is 29.3 Å². The third-order valence-corrected chi connectivity index (χ3v) is 3.27. The van der Waals surface area contributed by atoms with Gasteiger partial charge in [-0.25, -0.2) is 4.79 Å². The fraction of sp³-hybridized carbons (Fsp3) is 0.529. The minimum atomic E-state index is -1.08. The monoisotopic (exact) mass is 308 g/mol. The molecular weight excluding hydrogens is 284 g/mol. The van der Waals surface area contributed by atoms with Gasteiger partial charge in [0.05, 0.1) is 6.61 Å². The zero-order valence-electron chi connectivity index (χ0n) is 13.9. The fourth-order valence-electron chi connectivity index (χ4n) is 2.20. The number of carbonyl (C=O) groups is 2. The number of aryl methyl sites for hydroxylation is 3. The lowest BCUT2D eigenvalue weighted by Crippen LogP contribution is -2.40. The topological polar surface area (TPSA) is 72.8 Å². The molecule has 0 heterocycles. The molecule has 0 spiro atoms. The number of carbonyl (C=O) groups excluding carboxylic acids is 1. The second-order valence-electron chi connectivity index (χ2n) is 5.79. The molecular formula is C17H24O5. The van der Waals surface area contributed by atoms with Crippen molar-refractivity contribution >= 4 is 11.9 Å². The normalized spacial score (nSPS) is 11.1. The number of esters is 1. The Kier molecular flexibility index (Phi) is 5.97. The van der Waals surface area contributed by atoms with Gasteiger partial charge in [-0.1, -0.05) is 12.1 Å². The largest absolute Gasteiger partial charge is 0.481 e. The molecule has 0 amide bonds. The molecule has 0 aliphatic heterocycles. The number of hydrogen-bond acceptors (Lipinski definition) is 4. The van der Waals surface area contributed by atoms with Crippen molar-refractivity contribution in [2.45, 2.75) is 53.1 Å². The molecule has 0 bridgehead atoms. The summed E-state index contributed by atoms with van der Waals surface area (Å²) in [5, 5.41) is 8.76. The Bertz CT molecular complexity index is 537. The van der Waals surface area contributed by atoms with Gasteiger partial charge in [-0.3, -0.25) is 4.79 Å². The fourth-order valence-corrected chi connectivity index (χ4v) is 2.20. The molecule has 0 fully saturated rings. The average molecular weight is 308 g/mol. The Morgan fingerprint density at radius 1 is 1.18 bits per heavy atom. The quantitative estimate of drug-likeness (QED) is 0.784. The molecule has 5 nitrogen and oxygen atoms in total. The average Bonchev–Trinajstić information content (AvgIpc) is 2.41. The molecule has 0 radical (unpaired) electrons. The first-order valence-electron chi connectivity index (χ1n) is 7.35. The Morgan fingerprint density at radius 2 is 1.73 bits per heavy atom. The maximum absolute atomic E-state index is 11.9. The molecule has 0 aliphatic carbocycles. The van der Waals surface area contributed by atoms with Gasteiger partial charge in [0.1, 0.15) is 5.75 Å². The van der Waals surface area contributed by atoms with Crippen LogP contribution in [0.5, 0.6) is 5.75 Å². The first kappa shape index (κ1) is 18.0. The highest BCUT2D eigenvalue weighted by Crippen LogP contribution is 2.29. The predicted molar refractivity (Wildman–Crippen MR) is 83.2 cm³/mol. The van der Waals surface area contributed by atoms with E-state index in [4.69, 9.17) is 14.6 Å². The highest BCUT2D eigenvalue weighted by atomic mass is 16.6. The van der Waals surface area contributed by atoms with E-state index in [0.29, 0.717) is 18.8 Å². The summed E-state index contributed by atoms with van der Waals surface area (Å²) in [4.78, 5) is 22.6. The van der Waals surface area contributed by atoms with Crippen molar-refractivity contribution in [3.63, 3.8) is 0 Å². The van der Waals surface area contributed by atoms with E-state index >= 15 is 0 Å². The number of hydrogen-bond donors (Lipinski definition) is 1. The molecule has 22 heavy (non-hydrogen) atoms. The van der Waals surface area contributed by atoms with E-state index < -0.39 is 17.5 Å². The van der Waals surface area contributed by atoms with Gasteiger partial charge in [0.15, 0.2) is 5.60 Å². The van der Waals surface area contributed by atoms with Crippen molar-refractivity contribution in [3.8, 4) is 5.75 Å². The summed E-state index contributed by atoms with van der Waals surface area (Å²) in [6.07, 6.45) is 0.561. The van der Waals surface area contributed by atoms with Crippen LogP contribution in [0, 0.1) is 13.8 Å². The molecule has 1 aromatic carbocycles. The van der Waals surface area contributed by atoms with Crippen LogP contribution in [0.1, 0.15) is 43.9 Å². The van der Waals surface area contributed by atoms with Crippen molar-refractivity contribution in [3.05, 3.63) is 28.8 Å².